The molecule has 10 heteroatoms. The van der Waals surface area contributed by atoms with Crippen LogP contribution >= 0.6 is 0 Å². The van der Waals surface area contributed by atoms with E-state index in [9.17, 15) is 4.79 Å². The van der Waals surface area contributed by atoms with Crippen molar-refractivity contribution in [3.63, 3.8) is 0 Å². The first-order valence-corrected chi connectivity index (χ1v) is 12.1. The Morgan fingerprint density at radius 1 is 1.17 bits per heavy atom. The minimum absolute atomic E-state index is 0.0390. The van der Waals surface area contributed by atoms with Crippen LogP contribution in [0.2, 0.25) is 0 Å². The van der Waals surface area contributed by atoms with Gasteiger partial charge in [0.25, 0.3) is 0 Å². The van der Waals surface area contributed by atoms with Gasteiger partial charge in [0.05, 0.1) is 20.1 Å². The molecule has 2 aliphatic rings. The summed E-state index contributed by atoms with van der Waals surface area (Å²) in [6.45, 7) is 3.46. The lowest BCUT2D eigenvalue weighted by atomic mass is 9.79. The fourth-order valence-electron chi connectivity index (χ4n) is 5.43. The average Bonchev–Trinajstić information content (AvgIpc) is 2.88. The van der Waals surface area contributed by atoms with Crippen molar-refractivity contribution in [2.75, 3.05) is 44.5 Å². The van der Waals surface area contributed by atoms with Crippen LogP contribution < -0.4 is 25.8 Å². The Labute approximate surface area is 209 Å². The number of nitrogens with two attached hydrogens (primary N) is 2. The number of amides is 1. The van der Waals surface area contributed by atoms with Gasteiger partial charge in [-0.3, -0.25) is 4.79 Å². The topological polar surface area (TPSA) is 120 Å². The van der Waals surface area contributed by atoms with Gasteiger partial charge in [-0.05, 0) is 37.0 Å². The van der Waals surface area contributed by atoms with Crippen LogP contribution in [0.3, 0.4) is 0 Å². The normalized spacial score (nSPS) is 21.9. The molecule has 9 nitrogen and oxygen atoms in total. The number of ether oxygens (including phenoxy) is 2. The fourth-order valence-corrected chi connectivity index (χ4v) is 5.43. The molecule has 1 unspecified atom stereocenters. The molecule has 0 bridgehead atoms. The molecule has 2 aromatic carbocycles. The van der Waals surface area contributed by atoms with Crippen LogP contribution in [-0.2, 0) is 11.2 Å². The maximum Gasteiger partial charge on any atom is 0.228 e. The van der Waals surface area contributed by atoms with Gasteiger partial charge < -0.3 is 30.7 Å². The third kappa shape index (κ3) is 3.95. The summed E-state index contributed by atoms with van der Waals surface area (Å²) in [4.78, 5) is 26.2. The minimum atomic E-state index is -0.657. The first-order valence-electron chi connectivity index (χ1n) is 12.1. The van der Waals surface area contributed by atoms with Crippen LogP contribution in [0, 0.1) is 11.7 Å². The molecule has 3 atom stereocenters. The largest absolute Gasteiger partial charge is 0.493 e. The van der Waals surface area contributed by atoms with E-state index >= 15 is 4.39 Å². The molecule has 1 aliphatic carbocycles. The lowest BCUT2D eigenvalue weighted by Gasteiger charge is -2.42. The standard InChI is InChI=1S/C26H31FN6O3/c1-14-13-32(25(34)17-9-8-15-6-4-5-7-16(15)21(17)28)10-11-33(14)26-30-22-18(24(29)31-26)12-19(35-2)23(36-3)20(22)27/h4-7,12,14,17,21H,8-11,13,28H2,1-3H3,(H2,29,30,31)/t14?,17-,21+/m1/s1. The van der Waals surface area contributed by atoms with Gasteiger partial charge >= 0.3 is 0 Å². The first-order chi connectivity index (χ1) is 17.3. The predicted molar refractivity (Wildman–Crippen MR) is 136 cm³/mol. The van der Waals surface area contributed by atoms with E-state index < -0.39 is 5.82 Å². The molecule has 0 radical (unpaired) electrons. The number of hydrogen-bond donors (Lipinski definition) is 2. The summed E-state index contributed by atoms with van der Waals surface area (Å²) in [5.74, 6) is -0.192. The number of benzene rings is 2. The van der Waals surface area contributed by atoms with Crippen molar-refractivity contribution in [1.82, 2.24) is 14.9 Å². The maximum absolute atomic E-state index is 15.2. The third-order valence-electron chi connectivity index (χ3n) is 7.38. The molecular formula is C26H31FN6O3. The number of anilines is 2. The van der Waals surface area contributed by atoms with Crippen molar-refractivity contribution in [3.8, 4) is 11.5 Å². The van der Waals surface area contributed by atoms with Crippen molar-refractivity contribution in [2.24, 2.45) is 11.7 Å². The summed E-state index contributed by atoms with van der Waals surface area (Å²) in [5.41, 5.74) is 15.1. The second kappa shape index (κ2) is 9.42. The van der Waals surface area contributed by atoms with Gasteiger partial charge in [-0.2, -0.15) is 4.98 Å². The number of carbonyl (C=O) groups excluding carboxylic acids is 1. The van der Waals surface area contributed by atoms with Crippen molar-refractivity contribution in [1.29, 1.82) is 0 Å². The molecular weight excluding hydrogens is 463 g/mol. The summed E-state index contributed by atoms with van der Waals surface area (Å²) in [6.07, 6.45) is 1.58. The number of aryl methyl sites for hydroxylation is 1. The Balaban J connectivity index is 1.37. The van der Waals surface area contributed by atoms with Crippen LogP contribution in [0.1, 0.15) is 30.5 Å². The van der Waals surface area contributed by atoms with Gasteiger partial charge in [0.15, 0.2) is 17.3 Å². The number of nitrogens with zero attached hydrogens (tertiary/aromatic N) is 4. The third-order valence-corrected chi connectivity index (χ3v) is 7.38. The summed E-state index contributed by atoms with van der Waals surface area (Å²) < 4.78 is 25.6. The average molecular weight is 495 g/mol. The number of hydrogen-bond acceptors (Lipinski definition) is 8. The van der Waals surface area contributed by atoms with E-state index in [4.69, 9.17) is 20.9 Å². The summed E-state index contributed by atoms with van der Waals surface area (Å²) in [6, 6.07) is 9.24. The van der Waals surface area contributed by atoms with E-state index in [0.717, 1.165) is 18.4 Å². The first kappa shape index (κ1) is 24.1. The van der Waals surface area contributed by atoms with Crippen molar-refractivity contribution in [3.05, 3.63) is 47.3 Å². The zero-order valence-corrected chi connectivity index (χ0v) is 20.7. The smallest absolute Gasteiger partial charge is 0.228 e. The Morgan fingerprint density at radius 3 is 2.67 bits per heavy atom. The molecule has 1 amide bonds. The second-order valence-electron chi connectivity index (χ2n) is 9.43. The van der Waals surface area contributed by atoms with Crippen molar-refractivity contribution >= 4 is 28.6 Å². The number of carbonyl (C=O) groups is 1. The molecule has 190 valence electrons. The lowest BCUT2D eigenvalue weighted by Crippen LogP contribution is -2.56. The molecule has 4 N–H and O–H groups in total. The molecule has 5 rings (SSSR count). The molecule has 1 saturated heterocycles. The van der Waals surface area contributed by atoms with Crippen LogP contribution in [0.25, 0.3) is 10.9 Å². The Kier molecular flexibility index (Phi) is 6.29. The highest BCUT2D eigenvalue weighted by Crippen LogP contribution is 2.38. The van der Waals surface area contributed by atoms with Gasteiger partial charge in [-0.1, -0.05) is 24.3 Å². The molecule has 1 aromatic heterocycles. The monoisotopic (exact) mass is 494 g/mol. The number of fused-ring (bicyclic) bond motifs is 2. The quantitative estimate of drug-likeness (QED) is 0.568. The van der Waals surface area contributed by atoms with Gasteiger partial charge in [0.1, 0.15) is 11.3 Å². The Morgan fingerprint density at radius 2 is 1.94 bits per heavy atom. The second-order valence-corrected chi connectivity index (χ2v) is 9.43. The summed E-state index contributed by atoms with van der Waals surface area (Å²) in [7, 11) is 2.79. The Bertz CT molecular complexity index is 1320. The zero-order chi connectivity index (χ0) is 25.6. The molecule has 3 aromatic rings. The molecule has 1 fully saturated rings. The number of rotatable bonds is 4. The van der Waals surface area contributed by atoms with Crippen molar-refractivity contribution in [2.45, 2.75) is 31.8 Å². The number of methoxy groups -OCH3 is 2. The number of halogens is 1. The summed E-state index contributed by atoms with van der Waals surface area (Å²) in [5, 5.41) is 0.349. The highest BCUT2D eigenvalue weighted by Gasteiger charge is 2.37. The van der Waals surface area contributed by atoms with Gasteiger partial charge in [-0.25, -0.2) is 9.37 Å². The van der Waals surface area contributed by atoms with Gasteiger partial charge in [0.2, 0.25) is 11.9 Å². The van der Waals surface area contributed by atoms with Gasteiger partial charge in [-0.15, -0.1) is 0 Å². The van der Waals surface area contributed by atoms with Crippen LogP contribution in [0.4, 0.5) is 16.2 Å². The molecule has 1 aliphatic heterocycles. The van der Waals surface area contributed by atoms with E-state index in [1.807, 2.05) is 34.9 Å². The fraction of sp³-hybridized carbons (Fsp3) is 0.423. The molecule has 36 heavy (non-hydrogen) atoms. The van der Waals surface area contributed by atoms with Crippen molar-refractivity contribution < 1.29 is 18.7 Å². The van der Waals surface area contributed by atoms with Crippen LogP contribution in [0.5, 0.6) is 11.5 Å². The highest BCUT2D eigenvalue weighted by molar-refractivity contribution is 5.92. The number of nitrogen functional groups attached to an aromatic ring is 1. The SMILES string of the molecule is COc1cc2c(N)nc(N3CCN(C(=O)[C@@H]4CCc5ccccc5[C@@H]4N)CC3C)nc2c(F)c1OC. The van der Waals surface area contributed by atoms with E-state index in [1.54, 1.807) is 6.07 Å². The Hall–Kier alpha value is -3.66. The highest BCUT2D eigenvalue weighted by atomic mass is 19.1. The van der Waals surface area contributed by atoms with Crippen LogP contribution in [-0.4, -0.2) is 60.7 Å². The number of piperazine rings is 1. The maximum atomic E-state index is 15.2. The minimum Gasteiger partial charge on any atom is -0.493 e. The van der Waals surface area contributed by atoms with E-state index in [-0.39, 0.29) is 46.7 Å². The summed E-state index contributed by atoms with van der Waals surface area (Å²) >= 11 is 0. The molecule has 2 heterocycles. The molecule has 0 spiro atoms. The lowest BCUT2D eigenvalue weighted by molar-refractivity contribution is -0.137. The number of aromatic nitrogens is 2. The van der Waals surface area contributed by atoms with Gasteiger partial charge in [0, 0.05) is 37.1 Å². The van der Waals surface area contributed by atoms with E-state index in [0.29, 0.717) is 31.0 Å². The zero-order valence-electron chi connectivity index (χ0n) is 20.7. The van der Waals surface area contributed by atoms with Crippen LogP contribution in [0.15, 0.2) is 30.3 Å². The van der Waals surface area contributed by atoms with E-state index in [2.05, 4.69) is 16.0 Å². The van der Waals surface area contributed by atoms with E-state index in [1.165, 1.54) is 19.8 Å². The molecule has 0 saturated carbocycles. The predicted octanol–water partition coefficient (Wildman–Crippen LogP) is 2.67.